The highest BCUT2D eigenvalue weighted by Gasteiger charge is 2.46. The van der Waals surface area contributed by atoms with Gasteiger partial charge >= 0.3 is 0 Å². The van der Waals surface area contributed by atoms with Gasteiger partial charge in [-0.2, -0.15) is 0 Å². The van der Waals surface area contributed by atoms with Crippen LogP contribution in [0.3, 0.4) is 0 Å². The summed E-state index contributed by atoms with van der Waals surface area (Å²) in [5.74, 6) is 0.146. The summed E-state index contributed by atoms with van der Waals surface area (Å²) in [6.07, 6.45) is 6.72. The number of amides is 1. The Bertz CT molecular complexity index is 1020. The summed E-state index contributed by atoms with van der Waals surface area (Å²) in [4.78, 5) is 26.0. The summed E-state index contributed by atoms with van der Waals surface area (Å²) in [7, 11) is 2.00. The number of piperidine rings is 1. The number of imidazole rings is 1. The Kier molecular flexibility index (Phi) is 4.05. The van der Waals surface area contributed by atoms with E-state index in [0.717, 1.165) is 61.9 Å². The Balaban J connectivity index is 1.42. The molecule has 1 N–H and O–H groups in total. The molecule has 6 heteroatoms. The first kappa shape index (κ1) is 17.5. The molecule has 28 heavy (non-hydrogen) atoms. The number of aromatic nitrogens is 3. The van der Waals surface area contributed by atoms with Crippen molar-refractivity contribution < 1.29 is 4.79 Å². The van der Waals surface area contributed by atoms with Gasteiger partial charge in [-0.25, -0.2) is 4.98 Å². The van der Waals surface area contributed by atoms with E-state index in [4.69, 9.17) is 4.98 Å². The molecule has 5 rings (SSSR count). The number of para-hydroxylation sites is 1. The van der Waals surface area contributed by atoms with Gasteiger partial charge in [0.1, 0.15) is 0 Å². The highest BCUT2D eigenvalue weighted by molar-refractivity contribution is 6.07. The number of carbonyl (C=O) groups is 1. The van der Waals surface area contributed by atoms with Gasteiger partial charge in [0.05, 0.1) is 23.1 Å². The molecule has 0 bridgehead atoms. The van der Waals surface area contributed by atoms with Gasteiger partial charge in [0, 0.05) is 55.9 Å². The van der Waals surface area contributed by atoms with Crippen molar-refractivity contribution in [1.29, 1.82) is 0 Å². The van der Waals surface area contributed by atoms with E-state index >= 15 is 0 Å². The normalized spacial score (nSPS) is 19.3. The first-order chi connectivity index (χ1) is 13.6. The second kappa shape index (κ2) is 6.48. The minimum atomic E-state index is -0.0299. The number of likely N-dealkylation sites (tertiary alicyclic amines) is 1. The largest absolute Gasteiger partial charge is 0.350 e. The standard InChI is InChI=1S/C22H27N5O/c1-3-27-11-8-18-20(24-15-23-18)22(27)9-12-26(13-10-22)21(28)17-14-25(2)19-7-5-4-6-16(17)19/h4-7,14-15H,3,8-13H2,1-2H3,(H,23,24). The fourth-order valence-electron chi connectivity index (χ4n) is 5.30. The summed E-state index contributed by atoms with van der Waals surface area (Å²) in [5.41, 5.74) is 4.37. The van der Waals surface area contributed by atoms with E-state index in [1.54, 1.807) is 0 Å². The number of rotatable bonds is 2. The Morgan fingerprint density at radius 1 is 1.21 bits per heavy atom. The van der Waals surface area contributed by atoms with Gasteiger partial charge in [-0.05, 0) is 25.5 Å². The second-order valence-corrected chi connectivity index (χ2v) is 8.05. The number of aryl methyl sites for hydroxylation is 1. The van der Waals surface area contributed by atoms with Crippen molar-refractivity contribution in [2.45, 2.75) is 31.7 Å². The maximum atomic E-state index is 13.3. The number of benzene rings is 1. The van der Waals surface area contributed by atoms with Gasteiger partial charge < -0.3 is 14.5 Å². The molecular weight excluding hydrogens is 350 g/mol. The van der Waals surface area contributed by atoms with E-state index in [0.29, 0.717) is 0 Å². The number of carbonyl (C=O) groups excluding carboxylic acids is 1. The molecule has 6 nitrogen and oxygen atoms in total. The number of nitrogens with one attached hydrogen (secondary N) is 1. The minimum Gasteiger partial charge on any atom is -0.350 e. The van der Waals surface area contributed by atoms with Crippen molar-refractivity contribution in [2.75, 3.05) is 26.2 Å². The van der Waals surface area contributed by atoms with Crippen LogP contribution in [0.25, 0.3) is 10.9 Å². The first-order valence-corrected chi connectivity index (χ1v) is 10.2. The van der Waals surface area contributed by atoms with E-state index in [1.807, 2.05) is 47.2 Å². The molecule has 0 aliphatic carbocycles. The summed E-state index contributed by atoms with van der Waals surface area (Å²) < 4.78 is 2.05. The van der Waals surface area contributed by atoms with Gasteiger partial charge in [-0.1, -0.05) is 25.1 Å². The van der Waals surface area contributed by atoms with Crippen molar-refractivity contribution in [3.63, 3.8) is 0 Å². The summed E-state index contributed by atoms with van der Waals surface area (Å²) >= 11 is 0. The monoisotopic (exact) mass is 377 g/mol. The lowest BCUT2D eigenvalue weighted by atomic mass is 9.78. The van der Waals surface area contributed by atoms with Gasteiger partial charge in [0.25, 0.3) is 5.91 Å². The molecule has 0 radical (unpaired) electrons. The SMILES string of the molecule is CCN1CCc2[nH]cnc2C12CCN(C(=O)c1cn(C)c3ccccc13)CC2. The second-order valence-electron chi connectivity index (χ2n) is 8.05. The summed E-state index contributed by atoms with van der Waals surface area (Å²) in [6, 6.07) is 8.14. The Morgan fingerprint density at radius 3 is 2.79 bits per heavy atom. The summed E-state index contributed by atoms with van der Waals surface area (Å²) in [6.45, 7) is 5.84. The fraction of sp³-hybridized carbons (Fsp3) is 0.455. The van der Waals surface area contributed by atoms with Crippen LogP contribution in [0, 0.1) is 0 Å². The zero-order valence-corrected chi connectivity index (χ0v) is 16.6. The van der Waals surface area contributed by atoms with Crippen molar-refractivity contribution >= 4 is 16.8 Å². The summed E-state index contributed by atoms with van der Waals surface area (Å²) in [5, 5.41) is 1.04. The van der Waals surface area contributed by atoms with Crippen LogP contribution in [-0.4, -0.2) is 56.4 Å². The van der Waals surface area contributed by atoms with Gasteiger partial charge in [-0.15, -0.1) is 0 Å². The highest BCUT2D eigenvalue weighted by atomic mass is 16.2. The molecule has 0 saturated carbocycles. The zero-order valence-electron chi connectivity index (χ0n) is 16.6. The molecule has 146 valence electrons. The molecule has 1 saturated heterocycles. The smallest absolute Gasteiger partial charge is 0.256 e. The molecule has 2 aliphatic heterocycles. The van der Waals surface area contributed by atoms with Gasteiger partial charge in [0.2, 0.25) is 0 Å². The maximum Gasteiger partial charge on any atom is 0.256 e. The zero-order chi connectivity index (χ0) is 19.3. The number of likely N-dealkylation sites (N-methyl/N-ethyl adjacent to an activating group) is 1. The number of H-pyrrole nitrogens is 1. The Hall–Kier alpha value is -2.60. The first-order valence-electron chi connectivity index (χ1n) is 10.2. The van der Waals surface area contributed by atoms with E-state index < -0.39 is 0 Å². The molecule has 0 atom stereocenters. The van der Waals surface area contributed by atoms with Crippen LogP contribution in [0.2, 0.25) is 0 Å². The van der Waals surface area contributed by atoms with Crippen molar-refractivity contribution in [1.82, 2.24) is 24.3 Å². The molecule has 3 aromatic rings. The molecule has 4 heterocycles. The number of aromatic amines is 1. The maximum absolute atomic E-state index is 13.3. The number of nitrogens with zero attached hydrogens (tertiary/aromatic N) is 4. The van der Waals surface area contributed by atoms with E-state index in [2.05, 4.69) is 22.9 Å². The molecule has 1 fully saturated rings. The van der Waals surface area contributed by atoms with Crippen LogP contribution < -0.4 is 0 Å². The fourth-order valence-corrected chi connectivity index (χ4v) is 5.30. The third-order valence-corrected chi connectivity index (χ3v) is 6.78. The molecule has 0 unspecified atom stereocenters. The average Bonchev–Trinajstić information content (AvgIpc) is 3.34. The lowest BCUT2D eigenvalue weighted by Gasteiger charge is -2.50. The molecule has 1 aromatic carbocycles. The van der Waals surface area contributed by atoms with Crippen LogP contribution in [0.4, 0.5) is 0 Å². The molecule has 1 amide bonds. The van der Waals surface area contributed by atoms with Crippen molar-refractivity contribution in [3.8, 4) is 0 Å². The lowest BCUT2D eigenvalue weighted by Crippen LogP contribution is -2.57. The van der Waals surface area contributed by atoms with Crippen LogP contribution in [-0.2, 0) is 19.0 Å². The van der Waals surface area contributed by atoms with E-state index in [-0.39, 0.29) is 11.4 Å². The minimum absolute atomic E-state index is 0.0299. The Morgan fingerprint density at radius 2 is 2.00 bits per heavy atom. The topological polar surface area (TPSA) is 57.2 Å². The van der Waals surface area contributed by atoms with Crippen molar-refractivity contribution in [2.24, 2.45) is 7.05 Å². The van der Waals surface area contributed by atoms with Gasteiger partial charge in [0.15, 0.2) is 0 Å². The predicted molar refractivity (Wildman–Crippen MR) is 109 cm³/mol. The molecular formula is C22H27N5O. The number of hydrogen-bond donors (Lipinski definition) is 1. The number of fused-ring (bicyclic) bond motifs is 3. The van der Waals surface area contributed by atoms with Crippen LogP contribution in [0.1, 0.15) is 41.5 Å². The Labute approximate surface area is 165 Å². The highest BCUT2D eigenvalue weighted by Crippen LogP contribution is 2.42. The average molecular weight is 377 g/mol. The lowest BCUT2D eigenvalue weighted by molar-refractivity contribution is 0.0103. The molecule has 1 spiro atoms. The van der Waals surface area contributed by atoms with Gasteiger partial charge in [-0.3, -0.25) is 9.69 Å². The van der Waals surface area contributed by atoms with Crippen LogP contribution >= 0.6 is 0 Å². The van der Waals surface area contributed by atoms with Crippen LogP contribution in [0.5, 0.6) is 0 Å². The third kappa shape index (κ3) is 2.44. The van der Waals surface area contributed by atoms with Crippen molar-refractivity contribution in [3.05, 3.63) is 53.7 Å². The molecule has 2 aromatic heterocycles. The van der Waals surface area contributed by atoms with E-state index in [1.165, 1.54) is 11.4 Å². The molecule has 2 aliphatic rings. The van der Waals surface area contributed by atoms with E-state index in [9.17, 15) is 4.79 Å². The third-order valence-electron chi connectivity index (χ3n) is 6.78. The van der Waals surface area contributed by atoms with Crippen LogP contribution in [0.15, 0.2) is 36.8 Å². The number of hydrogen-bond acceptors (Lipinski definition) is 3. The predicted octanol–water partition coefficient (Wildman–Crippen LogP) is 2.91. The quantitative estimate of drug-likeness (QED) is 0.747.